The van der Waals surface area contributed by atoms with E-state index in [9.17, 15) is 4.79 Å². The second kappa shape index (κ2) is 5.64. The average molecular weight is 312 g/mol. The minimum atomic E-state index is 0.0884. The molecule has 0 aromatic carbocycles. The third kappa shape index (κ3) is 2.56. The molecule has 0 spiro atoms. The summed E-state index contributed by atoms with van der Waals surface area (Å²) in [4.78, 5) is 29.5. The highest BCUT2D eigenvalue weighted by Crippen LogP contribution is 2.33. The van der Waals surface area contributed by atoms with Crippen molar-refractivity contribution in [3.05, 3.63) is 36.8 Å². The van der Waals surface area contributed by atoms with Gasteiger partial charge in [0.1, 0.15) is 11.5 Å². The van der Waals surface area contributed by atoms with Gasteiger partial charge in [-0.1, -0.05) is 0 Å². The van der Waals surface area contributed by atoms with Crippen LogP contribution in [-0.2, 0) is 7.05 Å². The molecule has 2 atom stereocenters. The largest absolute Gasteiger partial charge is 0.355 e. The number of carbonyl (C=O) groups is 1. The Kier molecular flexibility index (Phi) is 3.48. The van der Waals surface area contributed by atoms with Crippen LogP contribution in [-0.4, -0.2) is 56.5 Å². The smallest absolute Gasteiger partial charge is 0.272 e. The van der Waals surface area contributed by atoms with Gasteiger partial charge >= 0.3 is 0 Å². The molecule has 2 aromatic rings. The van der Waals surface area contributed by atoms with Crippen molar-refractivity contribution in [2.24, 2.45) is 18.9 Å². The first-order valence-corrected chi connectivity index (χ1v) is 7.99. The Morgan fingerprint density at radius 2 is 2.00 bits per heavy atom. The van der Waals surface area contributed by atoms with E-state index in [1.165, 1.54) is 0 Å². The highest BCUT2D eigenvalue weighted by atomic mass is 16.2. The van der Waals surface area contributed by atoms with E-state index in [0.717, 1.165) is 38.4 Å². The van der Waals surface area contributed by atoms with Crippen molar-refractivity contribution < 1.29 is 4.79 Å². The zero-order valence-corrected chi connectivity index (χ0v) is 13.2. The zero-order valence-electron chi connectivity index (χ0n) is 13.2. The van der Waals surface area contributed by atoms with Gasteiger partial charge in [-0.25, -0.2) is 9.97 Å². The lowest BCUT2D eigenvalue weighted by Gasteiger charge is -2.34. The fourth-order valence-electron chi connectivity index (χ4n) is 3.72. The normalized spacial score (nSPS) is 23.9. The lowest BCUT2D eigenvalue weighted by atomic mass is 9.89. The fourth-order valence-corrected chi connectivity index (χ4v) is 3.72. The SMILES string of the molecule is Cn1cncc1C(=O)N1C[C@H]2CCN(c3cnccn3)C[C@H]2C1. The number of aryl methyl sites for hydroxylation is 1. The molecule has 0 radical (unpaired) electrons. The summed E-state index contributed by atoms with van der Waals surface area (Å²) in [5, 5.41) is 0. The molecule has 7 nitrogen and oxygen atoms in total. The molecule has 23 heavy (non-hydrogen) atoms. The molecule has 2 saturated heterocycles. The van der Waals surface area contributed by atoms with Gasteiger partial charge in [-0.05, 0) is 18.3 Å². The maximum Gasteiger partial charge on any atom is 0.272 e. The van der Waals surface area contributed by atoms with E-state index in [-0.39, 0.29) is 5.91 Å². The third-order valence-electron chi connectivity index (χ3n) is 5.00. The Hall–Kier alpha value is -2.44. The number of fused-ring (bicyclic) bond motifs is 1. The maximum absolute atomic E-state index is 12.7. The minimum Gasteiger partial charge on any atom is -0.355 e. The maximum atomic E-state index is 12.7. The molecule has 2 fully saturated rings. The van der Waals surface area contributed by atoms with E-state index in [2.05, 4.69) is 19.9 Å². The Balaban J connectivity index is 1.46. The standard InChI is InChI=1S/C16H20N6O/c1-20-11-18-6-14(20)16(23)22-8-12-2-5-21(9-13(12)10-22)15-7-17-3-4-19-15/h3-4,6-7,11-13H,2,5,8-10H2,1H3/t12-,13+/m1/s1. The molecule has 2 aliphatic rings. The summed E-state index contributed by atoms with van der Waals surface area (Å²) in [7, 11) is 1.86. The zero-order chi connectivity index (χ0) is 15.8. The van der Waals surface area contributed by atoms with Crippen LogP contribution < -0.4 is 4.90 Å². The Bertz CT molecular complexity index is 700. The van der Waals surface area contributed by atoms with Crippen LogP contribution in [0.4, 0.5) is 5.82 Å². The van der Waals surface area contributed by atoms with E-state index >= 15 is 0 Å². The van der Waals surface area contributed by atoms with Crippen LogP contribution in [0.25, 0.3) is 0 Å². The highest BCUT2D eigenvalue weighted by Gasteiger charge is 2.39. The van der Waals surface area contributed by atoms with Gasteiger partial charge in [0.2, 0.25) is 0 Å². The number of hydrogen-bond donors (Lipinski definition) is 0. The van der Waals surface area contributed by atoms with Gasteiger partial charge in [-0.15, -0.1) is 0 Å². The summed E-state index contributed by atoms with van der Waals surface area (Å²) in [5.41, 5.74) is 0.662. The topological polar surface area (TPSA) is 67.2 Å². The number of aromatic nitrogens is 4. The number of rotatable bonds is 2. The van der Waals surface area contributed by atoms with Gasteiger partial charge < -0.3 is 14.4 Å². The third-order valence-corrected chi connectivity index (χ3v) is 5.00. The first kappa shape index (κ1) is 14.2. The van der Waals surface area contributed by atoms with Gasteiger partial charge in [0.25, 0.3) is 5.91 Å². The molecule has 1 amide bonds. The van der Waals surface area contributed by atoms with Gasteiger partial charge in [0.05, 0.1) is 18.7 Å². The van der Waals surface area contributed by atoms with Gasteiger partial charge in [0.15, 0.2) is 0 Å². The molecule has 0 saturated carbocycles. The summed E-state index contributed by atoms with van der Waals surface area (Å²) in [6.07, 6.45) is 9.65. The van der Waals surface area contributed by atoms with Crippen LogP contribution in [0, 0.1) is 11.8 Å². The number of imidazole rings is 1. The number of likely N-dealkylation sites (tertiary alicyclic amines) is 1. The van der Waals surface area contributed by atoms with Crippen molar-refractivity contribution in [2.45, 2.75) is 6.42 Å². The molecule has 4 heterocycles. The van der Waals surface area contributed by atoms with Crippen molar-refractivity contribution in [3.63, 3.8) is 0 Å². The van der Waals surface area contributed by atoms with Crippen molar-refractivity contribution in [1.82, 2.24) is 24.4 Å². The molecule has 2 aliphatic heterocycles. The number of amides is 1. The first-order valence-electron chi connectivity index (χ1n) is 7.99. The number of hydrogen-bond acceptors (Lipinski definition) is 5. The fraction of sp³-hybridized carbons (Fsp3) is 0.500. The number of anilines is 1. The molecule has 0 aliphatic carbocycles. The summed E-state index contributed by atoms with van der Waals surface area (Å²) in [6.45, 7) is 3.58. The van der Waals surface area contributed by atoms with Gasteiger partial charge in [0, 0.05) is 45.6 Å². The lowest BCUT2D eigenvalue weighted by molar-refractivity contribution is 0.0775. The predicted molar refractivity (Wildman–Crippen MR) is 85.0 cm³/mol. The summed E-state index contributed by atoms with van der Waals surface area (Å²) in [5.74, 6) is 2.11. The molecule has 0 bridgehead atoms. The van der Waals surface area contributed by atoms with Crippen LogP contribution in [0.3, 0.4) is 0 Å². The first-order chi connectivity index (χ1) is 11.2. The van der Waals surface area contributed by atoms with Gasteiger partial charge in [-0.2, -0.15) is 0 Å². The molecular formula is C16H20N6O. The Morgan fingerprint density at radius 3 is 2.74 bits per heavy atom. The Labute approximate surface area is 135 Å². The van der Waals surface area contributed by atoms with Crippen molar-refractivity contribution in [1.29, 1.82) is 0 Å². The summed E-state index contributed by atoms with van der Waals surface area (Å²) in [6, 6.07) is 0. The highest BCUT2D eigenvalue weighted by molar-refractivity contribution is 5.92. The molecule has 4 rings (SSSR count). The summed E-state index contributed by atoms with van der Waals surface area (Å²) < 4.78 is 1.79. The second-order valence-electron chi connectivity index (χ2n) is 6.42. The monoisotopic (exact) mass is 312 g/mol. The van der Waals surface area contributed by atoms with Gasteiger partial charge in [-0.3, -0.25) is 9.78 Å². The number of nitrogens with zero attached hydrogens (tertiary/aromatic N) is 6. The lowest BCUT2D eigenvalue weighted by Crippen LogP contribution is -2.40. The predicted octanol–water partition coefficient (Wildman–Crippen LogP) is 0.809. The van der Waals surface area contributed by atoms with Crippen LogP contribution in [0.15, 0.2) is 31.1 Å². The van der Waals surface area contributed by atoms with Crippen LogP contribution in [0.5, 0.6) is 0 Å². The van der Waals surface area contributed by atoms with E-state index in [1.807, 2.05) is 18.1 Å². The van der Waals surface area contributed by atoms with Crippen LogP contribution in [0.2, 0.25) is 0 Å². The van der Waals surface area contributed by atoms with E-state index in [4.69, 9.17) is 0 Å². The number of piperidine rings is 1. The molecule has 0 unspecified atom stereocenters. The molecule has 0 N–H and O–H groups in total. The molecular weight excluding hydrogens is 292 g/mol. The quantitative estimate of drug-likeness (QED) is 0.821. The molecule has 120 valence electrons. The number of carbonyl (C=O) groups excluding carboxylic acids is 1. The van der Waals surface area contributed by atoms with Crippen LogP contribution >= 0.6 is 0 Å². The average Bonchev–Trinajstić information content (AvgIpc) is 3.20. The van der Waals surface area contributed by atoms with E-state index in [1.54, 1.807) is 29.5 Å². The minimum absolute atomic E-state index is 0.0884. The Morgan fingerprint density at radius 1 is 1.13 bits per heavy atom. The van der Waals surface area contributed by atoms with Crippen molar-refractivity contribution in [2.75, 3.05) is 31.1 Å². The van der Waals surface area contributed by atoms with E-state index in [0.29, 0.717) is 17.5 Å². The second-order valence-corrected chi connectivity index (χ2v) is 6.42. The van der Waals surface area contributed by atoms with E-state index < -0.39 is 0 Å². The van der Waals surface area contributed by atoms with Crippen molar-refractivity contribution in [3.8, 4) is 0 Å². The molecule has 7 heteroatoms. The van der Waals surface area contributed by atoms with Crippen LogP contribution in [0.1, 0.15) is 16.9 Å². The van der Waals surface area contributed by atoms with Crippen molar-refractivity contribution >= 4 is 11.7 Å². The molecule has 2 aromatic heterocycles. The summed E-state index contributed by atoms with van der Waals surface area (Å²) >= 11 is 0.